The van der Waals surface area contributed by atoms with E-state index in [1.807, 2.05) is 13.8 Å². The van der Waals surface area contributed by atoms with E-state index < -0.39 is 5.97 Å². The van der Waals surface area contributed by atoms with Crippen LogP contribution in [0.3, 0.4) is 0 Å². The third-order valence-electron chi connectivity index (χ3n) is 1.33. The van der Waals surface area contributed by atoms with Gasteiger partial charge in [-0.2, -0.15) is 20.8 Å². The van der Waals surface area contributed by atoms with Crippen molar-refractivity contribution in [2.24, 2.45) is 5.92 Å². The summed E-state index contributed by atoms with van der Waals surface area (Å²) in [7, 11) is 0. The summed E-state index contributed by atoms with van der Waals surface area (Å²) in [5.41, 5.74) is 0. The molecule has 0 fully saturated rings. The standard InChI is InChI=1S/C6H12O2.C4H9.3C3H8O.Ti/c1-3-5(4-2)6(7)8;1-4(2)3;3*1-3(2)4;/h5H,3-4H2,1-2H3,(H,7,8);1-3H3;3*3-4H,1-2H3;/q;-1;;;;. The second-order valence-corrected chi connectivity index (χ2v) is 6.63. The Morgan fingerprint density at radius 3 is 0.880 bits per heavy atom. The SMILES string of the molecule is CC(C)O.CC(C)O.CC(C)O.CCC(CC)C(=O)O.C[C-](C)C.[Ti]. The van der Waals surface area contributed by atoms with E-state index in [2.05, 4.69) is 20.8 Å². The van der Waals surface area contributed by atoms with Crippen LogP contribution in [-0.4, -0.2) is 44.7 Å². The molecule has 0 rings (SSSR count). The van der Waals surface area contributed by atoms with Gasteiger partial charge in [-0.3, -0.25) is 4.79 Å². The molecule has 0 aromatic rings. The van der Waals surface area contributed by atoms with E-state index in [9.17, 15) is 4.79 Å². The van der Waals surface area contributed by atoms with Gasteiger partial charge in [-0.05, 0) is 54.4 Å². The van der Waals surface area contributed by atoms with E-state index in [0.29, 0.717) is 0 Å². The Morgan fingerprint density at radius 1 is 0.760 bits per heavy atom. The number of carboxylic acids is 1. The molecule has 0 bridgehead atoms. The predicted octanol–water partition coefficient (Wildman–Crippen LogP) is 4.29. The van der Waals surface area contributed by atoms with Crippen molar-refractivity contribution in [2.45, 2.75) is 107 Å². The van der Waals surface area contributed by atoms with Crippen molar-refractivity contribution in [2.75, 3.05) is 0 Å². The summed E-state index contributed by atoms with van der Waals surface area (Å²) in [5, 5.41) is 32.5. The normalized spacial score (nSPS) is 8.92. The monoisotopic (exact) mass is 401 g/mol. The largest absolute Gasteiger partial charge is 0.481 e. The zero-order chi connectivity index (χ0) is 20.9. The number of hydrogen-bond donors (Lipinski definition) is 4. The van der Waals surface area contributed by atoms with Gasteiger partial charge in [0.1, 0.15) is 0 Å². The molecular formula is C19H45O5Ti-. The average molecular weight is 401 g/mol. The maximum atomic E-state index is 10.2. The first-order valence-electron chi connectivity index (χ1n) is 8.69. The maximum Gasteiger partial charge on any atom is 0.306 e. The van der Waals surface area contributed by atoms with Crippen LogP contribution < -0.4 is 0 Å². The molecule has 0 aliphatic heterocycles. The quantitative estimate of drug-likeness (QED) is 0.418. The molecular weight excluding hydrogens is 356 g/mol. The van der Waals surface area contributed by atoms with Crippen LogP contribution in [-0.2, 0) is 26.5 Å². The maximum absolute atomic E-state index is 10.2. The van der Waals surface area contributed by atoms with Crippen molar-refractivity contribution in [1.29, 1.82) is 0 Å². The van der Waals surface area contributed by atoms with E-state index in [4.69, 9.17) is 20.4 Å². The zero-order valence-corrected chi connectivity index (χ0v) is 20.0. The summed E-state index contributed by atoms with van der Waals surface area (Å²) in [6, 6.07) is 0. The smallest absolute Gasteiger partial charge is 0.306 e. The molecule has 0 unspecified atom stereocenters. The molecule has 0 amide bonds. The fourth-order valence-corrected chi connectivity index (χ4v) is 0.638. The molecule has 0 spiro atoms. The number of aliphatic carboxylic acids is 1. The molecule has 25 heavy (non-hydrogen) atoms. The molecule has 0 aromatic heterocycles. The van der Waals surface area contributed by atoms with Gasteiger partial charge in [0, 0.05) is 40.0 Å². The molecule has 0 radical (unpaired) electrons. The predicted molar refractivity (Wildman–Crippen MR) is 104 cm³/mol. The third kappa shape index (κ3) is 180. The summed E-state index contributed by atoms with van der Waals surface area (Å²) in [6.07, 6.45) is 0.984. The first kappa shape index (κ1) is 39.9. The van der Waals surface area contributed by atoms with Crippen molar-refractivity contribution in [3.8, 4) is 0 Å². The number of carbonyl (C=O) groups is 1. The van der Waals surface area contributed by atoms with Crippen molar-refractivity contribution < 1.29 is 46.9 Å². The van der Waals surface area contributed by atoms with E-state index in [1.165, 1.54) is 5.92 Å². The van der Waals surface area contributed by atoms with Crippen molar-refractivity contribution in [3.05, 3.63) is 5.92 Å². The Balaban J connectivity index is -0.0000000467. The van der Waals surface area contributed by atoms with Crippen LogP contribution in [0.1, 0.15) is 89.0 Å². The van der Waals surface area contributed by atoms with Crippen LogP contribution >= 0.6 is 0 Å². The number of aliphatic hydroxyl groups excluding tert-OH is 3. The van der Waals surface area contributed by atoms with Crippen LogP contribution in [0.2, 0.25) is 0 Å². The Morgan fingerprint density at radius 2 is 0.880 bits per heavy atom. The van der Waals surface area contributed by atoms with Crippen LogP contribution in [0, 0.1) is 11.8 Å². The van der Waals surface area contributed by atoms with Crippen LogP contribution in [0.5, 0.6) is 0 Å². The Hall–Kier alpha value is 0.0643. The first-order chi connectivity index (χ1) is 10.6. The van der Waals surface area contributed by atoms with Gasteiger partial charge in [0.25, 0.3) is 0 Å². The fraction of sp³-hybridized carbons (Fsp3) is 0.895. The number of carboxylic acid groups (broad SMARTS) is 1. The Bertz CT molecular complexity index is 181. The molecule has 0 atom stereocenters. The molecule has 0 aliphatic rings. The minimum absolute atomic E-state index is 0. The van der Waals surface area contributed by atoms with Gasteiger partial charge in [0.05, 0.1) is 5.92 Å². The Kier molecular flexibility index (Phi) is 50.8. The van der Waals surface area contributed by atoms with Gasteiger partial charge in [-0.15, -0.1) is 0 Å². The van der Waals surface area contributed by atoms with E-state index in [1.54, 1.807) is 41.5 Å². The van der Waals surface area contributed by atoms with Gasteiger partial charge < -0.3 is 26.3 Å². The molecule has 156 valence electrons. The van der Waals surface area contributed by atoms with Crippen LogP contribution in [0.25, 0.3) is 0 Å². The molecule has 0 aromatic carbocycles. The minimum atomic E-state index is -0.671. The Labute approximate surface area is 172 Å². The summed E-state index contributed by atoms with van der Waals surface area (Å²) < 4.78 is 0. The van der Waals surface area contributed by atoms with E-state index in [0.717, 1.165) is 12.8 Å². The number of aliphatic hydroxyl groups is 3. The second-order valence-electron chi connectivity index (χ2n) is 6.63. The van der Waals surface area contributed by atoms with Crippen molar-refractivity contribution >= 4 is 5.97 Å². The number of hydrogen-bond acceptors (Lipinski definition) is 4. The van der Waals surface area contributed by atoms with Gasteiger partial charge in [-0.1, -0.05) is 13.8 Å². The summed E-state index contributed by atoms with van der Waals surface area (Å²) in [5.74, 6) is 0.616. The molecule has 0 heterocycles. The topological polar surface area (TPSA) is 98.0 Å². The third-order valence-corrected chi connectivity index (χ3v) is 1.33. The molecule has 0 saturated carbocycles. The molecule has 5 nitrogen and oxygen atoms in total. The van der Waals surface area contributed by atoms with Gasteiger partial charge in [0.15, 0.2) is 0 Å². The van der Waals surface area contributed by atoms with Gasteiger partial charge >= 0.3 is 5.97 Å². The van der Waals surface area contributed by atoms with E-state index in [-0.39, 0.29) is 45.9 Å². The fourth-order valence-electron chi connectivity index (χ4n) is 0.638. The second kappa shape index (κ2) is 31.8. The number of rotatable bonds is 3. The molecule has 4 N–H and O–H groups in total. The molecule has 6 heteroatoms. The minimum Gasteiger partial charge on any atom is -0.481 e. The van der Waals surface area contributed by atoms with Crippen molar-refractivity contribution in [3.63, 3.8) is 0 Å². The molecule has 0 aliphatic carbocycles. The van der Waals surface area contributed by atoms with Crippen molar-refractivity contribution in [1.82, 2.24) is 0 Å². The first-order valence-corrected chi connectivity index (χ1v) is 8.69. The summed E-state index contributed by atoms with van der Waals surface area (Å²) >= 11 is 0. The average Bonchev–Trinajstić information content (AvgIpc) is 2.26. The van der Waals surface area contributed by atoms with Crippen LogP contribution in [0.4, 0.5) is 0 Å². The summed E-state index contributed by atoms with van der Waals surface area (Å²) in [4.78, 5) is 10.2. The van der Waals surface area contributed by atoms with E-state index >= 15 is 0 Å². The summed E-state index contributed by atoms with van der Waals surface area (Å²) in [6.45, 7) is 20.4. The van der Waals surface area contributed by atoms with Gasteiger partial charge in [0.2, 0.25) is 0 Å². The molecule has 0 saturated heterocycles. The van der Waals surface area contributed by atoms with Crippen LogP contribution in [0.15, 0.2) is 0 Å². The van der Waals surface area contributed by atoms with Gasteiger partial charge in [-0.25, -0.2) is 0 Å². The zero-order valence-electron chi connectivity index (χ0n) is 18.4.